The van der Waals surface area contributed by atoms with Crippen molar-refractivity contribution in [1.29, 1.82) is 5.53 Å². The van der Waals surface area contributed by atoms with E-state index in [9.17, 15) is 14.7 Å². The van der Waals surface area contributed by atoms with Crippen LogP contribution in [0.2, 0.25) is 0 Å². The Morgan fingerprint density at radius 2 is 1.78 bits per heavy atom. The molecule has 8 nitrogen and oxygen atoms in total. The number of nitrogens with one attached hydrogen (secondary N) is 1. The fourth-order valence-corrected chi connectivity index (χ4v) is 3.64. The summed E-state index contributed by atoms with van der Waals surface area (Å²) in [5.41, 5.74) is 16.1. The number of carboxylic acid groups (broad SMARTS) is 1. The van der Waals surface area contributed by atoms with Crippen LogP contribution in [-0.4, -0.2) is 33.8 Å². The van der Waals surface area contributed by atoms with E-state index in [1.807, 2.05) is 69.3 Å². The molecule has 32 heavy (non-hydrogen) atoms. The Balaban J connectivity index is 2.35. The van der Waals surface area contributed by atoms with E-state index in [0.29, 0.717) is 12.0 Å². The first-order valence-corrected chi connectivity index (χ1v) is 10.7. The lowest BCUT2D eigenvalue weighted by molar-refractivity contribution is -0.153. The number of rotatable bonds is 11. The van der Waals surface area contributed by atoms with Gasteiger partial charge >= 0.3 is 5.97 Å². The van der Waals surface area contributed by atoms with Gasteiger partial charge in [0.25, 0.3) is 0 Å². The number of carbonyl (C=O) groups is 2. The summed E-state index contributed by atoms with van der Waals surface area (Å²) < 4.78 is 0. The lowest BCUT2D eigenvalue weighted by Crippen LogP contribution is -2.47. The molecule has 170 valence electrons. The fraction of sp³-hybridized carbons (Fsp3) is 0.375. The van der Waals surface area contributed by atoms with Crippen LogP contribution in [0.4, 0.5) is 0 Å². The van der Waals surface area contributed by atoms with Crippen LogP contribution in [0, 0.1) is 11.4 Å². The number of nitrogens with two attached hydrogens (primary N) is 1. The minimum atomic E-state index is -0.995. The average molecular weight is 438 g/mol. The highest BCUT2D eigenvalue weighted by molar-refractivity contribution is 6.03. The molecule has 0 saturated heterocycles. The van der Waals surface area contributed by atoms with Crippen molar-refractivity contribution in [3.05, 3.63) is 59.7 Å². The van der Waals surface area contributed by atoms with Crippen LogP contribution >= 0.6 is 0 Å². The number of amides is 1. The summed E-state index contributed by atoms with van der Waals surface area (Å²) in [6.07, 6.45) is 1.92. The first-order chi connectivity index (χ1) is 15.3. The molecule has 4 N–H and O–H groups in total. The minimum absolute atomic E-state index is 0.147. The van der Waals surface area contributed by atoms with Crippen molar-refractivity contribution in [1.82, 2.24) is 4.90 Å². The molecular weight excluding hydrogens is 406 g/mol. The molecule has 8 heteroatoms. The Hall–Kier alpha value is -3.55. The first-order valence-electron chi connectivity index (χ1n) is 10.7. The third-order valence-electron chi connectivity index (χ3n) is 5.26. The second kappa shape index (κ2) is 11.7. The topological polar surface area (TPSA) is 132 Å². The van der Waals surface area contributed by atoms with Gasteiger partial charge in [-0.1, -0.05) is 80.9 Å². The summed E-state index contributed by atoms with van der Waals surface area (Å²) in [6.45, 7) is 5.85. The third-order valence-corrected chi connectivity index (χ3v) is 5.26. The molecule has 0 aliphatic carbocycles. The molecule has 0 heterocycles. The summed E-state index contributed by atoms with van der Waals surface area (Å²) in [5.74, 6) is -1.21. The summed E-state index contributed by atoms with van der Waals surface area (Å²) in [5, 5.41) is 16.4. The highest BCUT2D eigenvalue weighted by Gasteiger charge is 2.32. The number of aliphatic carboxylic acids is 1. The van der Waals surface area contributed by atoms with E-state index in [1.54, 1.807) is 0 Å². The fourth-order valence-electron chi connectivity index (χ4n) is 3.64. The van der Waals surface area contributed by atoms with E-state index in [2.05, 4.69) is 10.3 Å². The third kappa shape index (κ3) is 6.23. The molecule has 2 aromatic carbocycles. The molecule has 0 bridgehead atoms. The largest absolute Gasteiger partial charge is 0.480 e. The zero-order valence-corrected chi connectivity index (χ0v) is 18.8. The van der Waals surface area contributed by atoms with E-state index >= 15 is 0 Å². The van der Waals surface area contributed by atoms with Crippen LogP contribution in [0.3, 0.4) is 0 Å². The molecule has 0 fully saturated rings. The summed E-state index contributed by atoms with van der Waals surface area (Å²) in [6, 6.07) is 14.1. The number of benzene rings is 2. The lowest BCUT2D eigenvalue weighted by atomic mass is 9.97. The molecule has 2 aromatic rings. The van der Waals surface area contributed by atoms with Gasteiger partial charge in [0.1, 0.15) is 6.04 Å². The Bertz CT molecular complexity index is 970. The van der Waals surface area contributed by atoms with Crippen molar-refractivity contribution in [2.24, 2.45) is 22.0 Å². The smallest absolute Gasteiger partial charge is 0.326 e. The van der Waals surface area contributed by atoms with Gasteiger partial charge < -0.3 is 15.7 Å². The molecule has 1 atom stereocenters. The van der Waals surface area contributed by atoms with Gasteiger partial charge in [0.15, 0.2) is 5.84 Å². The van der Waals surface area contributed by atoms with Crippen LogP contribution in [-0.2, 0) is 16.1 Å². The number of nitrogens with zero attached hydrogens (tertiary/aromatic N) is 3. The number of carboxylic acids is 1. The van der Waals surface area contributed by atoms with Crippen LogP contribution < -0.4 is 5.73 Å². The second-order valence-electron chi connectivity index (χ2n) is 7.98. The van der Waals surface area contributed by atoms with Crippen LogP contribution in [0.15, 0.2) is 58.9 Å². The molecule has 0 saturated carbocycles. The average Bonchev–Trinajstić information content (AvgIpc) is 2.77. The first kappa shape index (κ1) is 24.7. The molecule has 0 aliphatic rings. The zero-order valence-electron chi connectivity index (χ0n) is 18.8. The van der Waals surface area contributed by atoms with Gasteiger partial charge in [-0.2, -0.15) is 5.53 Å². The normalized spacial score (nSPS) is 12.4. The van der Waals surface area contributed by atoms with Crippen molar-refractivity contribution in [3.63, 3.8) is 0 Å². The Kier molecular flexibility index (Phi) is 9.07. The second-order valence-corrected chi connectivity index (χ2v) is 7.98. The van der Waals surface area contributed by atoms with Crippen molar-refractivity contribution >= 4 is 17.7 Å². The standard InChI is InChI=1S/C24H31N5O3/c1-4-5-10-21(30)29(22(16(2)3)24(31)32)15-17-11-13-18(14-12-17)19-8-6-7-9-20(19)23(25)27-28-26/h6-9,11-14,16,22H,4-5,10,15H2,1-3H3,(H,31,32)(H3,25,26,27)/t22-/m0/s1. The highest BCUT2D eigenvalue weighted by atomic mass is 16.4. The molecule has 0 spiro atoms. The van der Waals surface area contributed by atoms with Crippen molar-refractivity contribution in [2.75, 3.05) is 0 Å². The monoisotopic (exact) mass is 437 g/mol. The van der Waals surface area contributed by atoms with Crippen LogP contribution in [0.1, 0.15) is 51.2 Å². The van der Waals surface area contributed by atoms with Crippen molar-refractivity contribution < 1.29 is 14.7 Å². The molecule has 1 amide bonds. The number of carbonyl (C=O) groups excluding carboxylic acids is 1. The van der Waals surface area contributed by atoms with Gasteiger partial charge in [0.2, 0.25) is 5.91 Å². The molecule has 0 aromatic heterocycles. The highest BCUT2D eigenvalue weighted by Crippen LogP contribution is 2.25. The molecule has 0 aliphatic heterocycles. The van der Waals surface area contributed by atoms with Gasteiger partial charge in [-0.25, -0.2) is 4.79 Å². The zero-order chi connectivity index (χ0) is 23.7. The number of hydrogen-bond donors (Lipinski definition) is 3. The number of amidine groups is 1. The molecule has 0 radical (unpaired) electrons. The summed E-state index contributed by atoms with van der Waals surface area (Å²) >= 11 is 0. The van der Waals surface area contributed by atoms with E-state index in [4.69, 9.17) is 11.3 Å². The molecule has 0 unspecified atom stereocenters. The lowest BCUT2D eigenvalue weighted by Gasteiger charge is -2.32. The van der Waals surface area contributed by atoms with E-state index < -0.39 is 12.0 Å². The minimum Gasteiger partial charge on any atom is -0.480 e. The number of unbranched alkanes of at least 4 members (excludes halogenated alkanes) is 1. The van der Waals surface area contributed by atoms with Crippen LogP contribution in [0.5, 0.6) is 0 Å². The maximum atomic E-state index is 12.8. The van der Waals surface area contributed by atoms with Gasteiger partial charge in [0, 0.05) is 18.5 Å². The predicted molar refractivity (Wildman–Crippen MR) is 124 cm³/mol. The van der Waals surface area contributed by atoms with E-state index in [-0.39, 0.29) is 24.2 Å². The van der Waals surface area contributed by atoms with Crippen molar-refractivity contribution in [2.45, 2.75) is 52.6 Å². The Morgan fingerprint density at radius 3 is 2.34 bits per heavy atom. The molecule has 2 rings (SSSR count). The Labute approximate surface area is 188 Å². The summed E-state index contributed by atoms with van der Waals surface area (Å²) in [7, 11) is 0. The van der Waals surface area contributed by atoms with Crippen molar-refractivity contribution in [3.8, 4) is 11.1 Å². The maximum Gasteiger partial charge on any atom is 0.326 e. The van der Waals surface area contributed by atoms with Gasteiger partial charge in [-0.05, 0) is 29.0 Å². The van der Waals surface area contributed by atoms with Gasteiger partial charge in [0.05, 0.1) is 0 Å². The van der Waals surface area contributed by atoms with Crippen LogP contribution in [0.25, 0.3) is 11.1 Å². The Morgan fingerprint density at radius 1 is 1.12 bits per heavy atom. The van der Waals surface area contributed by atoms with E-state index in [1.165, 1.54) is 4.90 Å². The van der Waals surface area contributed by atoms with Gasteiger partial charge in [-0.3, -0.25) is 4.79 Å². The quantitative estimate of drug-likeness (QED) is 0.204. The molecular formula is C24H31N5O3. The predicted octanol–water partition coefficient (Wildman–Crippen LogP) is 4.63. The summed E-state index contributed by atoms with van der Waals surface area (Å²) in [4.78, 5) is 26.2. The van der Waals surface area contributed by atoms with E-state index in [0.717, 1.165) is 29.5 Å². The maximum absolute atomic E-state index is 12.8. The number of hydrogen-bond acceptors (Lipinski definition) is 4. The van der Waals surface area contributed by atoms with Gasteiger partial charge in [-0.15, -0.1) is 5.10 Å². The SMILES string of the molecule is CCCCC(=O)N(Cc1ccc(-c2ccccc2/C(N)=N/N=N)cc1)[C@H](C(=O)O)C(C)C.